The molecule has 30 heavy (non-hydrogen) atoms. The Balaban J connectivity index is 1.66. The minimum absolute atomic E-state index is 0.0644. The number of aromatic amines is 1. The molecule has 5 heteroatoms. The SMILES string of the molecule is CCOc1cccc(C2c3c(-c4ccc(C)cc4)n[nH]c3C(=O)N2C2CCCC2)c1. The van der Waals surface area contributed by atoms with Gasteiger partial charge in [-0.05, 0) is 44.4 Å². The van der Waals surface area contributed by atoms with Crippen LogP contribution in [0.15, 0.2) is 48.5 Å². The zero-order chi connectivity index (χ0) is 20.7. The summed E-state index contributed by atoms with van der Waals surface area (Å²) in [6, 6.07) is 16.6. The number of H-pyrrole nitrogens is 1. The van der Waals surface area contributed by atoms with Crippen molar-refractivity contribution < 1.29 is 9.53 Å². The normalized spacial score (nSPS) is 18.8. The van der Waals surface area contributed by atoms with Crippen molar-refractivity contribution in [3.63, 3.8) is 0 Å². The third kappa shape index (κ3) is 3.09. The van der Waals surface area contributed by atoms with Crippen LogP contribution in [-0.4, -0.2) is 33.7 Å². The van der Waals surface area contributed by atoms with Crippen LogP contribution < -0.4 is 4.74 Å². The van der Waals surface area contributed by atoms with Gasteiger partial charge in [0.25, 0.3) is 5.91 Å². The van der Waals surface area contributed by atoms with Crippen molar-refractivity contribution in [2.45, 2.75) is 51.6 Å². The predicted molar refractivity (Wildman–Crippen MR) is 117 cm³/mol. The molecule has 5 nitrogen and oxygen atoms in total. The third-order valence-corrected chi connectivity index (χ3v) is 6.33. The number of benzene rings is 2. The van der Waals surface area contributed by atoms with Crippen LogP contribution in [0, 0.1) is 6.92 Å². The molecule has 1 unspecified atom stereocenters. The summed E-state index contributed by atoms with van der Waals surface area (Å²) in [6.45, 7) is 4.68. The van der Waals surface area contributed by atoms with Gasteiger partial charge in [0.15, 0.2) is 0 Å². The molecule has 1 amide bonds. The first kappa shape index (κ1) is 18.9. The van der Waals surface area contributed by atoms with Gasteiger partial charge in [0.2, 0.25) is 0 Å². The number of carbonyl (C=O) groups is 1. The lowest BCUT2D eigenvalue weighted by Gasteiger charge is -2.32. The van der Waals surface area contributed by atoms with Gasteiger partial charge in [-0.1, -0.05) is 54.8 Å². The van der Waals surface area contributed by atoms with E-state index in [1.165, 1.54) is 18.4 Å². The Morgan fingerprint density at radius 1 is 1.13 bits per heavy atom. The van der Waals surface area contributed by atoms with Crippen LogP contribution in [0.1, 0.15) is 65.8 Å². The molecule has 1 aliphatic carbocycles. The number of fused-ring (bicyclic) bond motifs is 1. The maximum absolute atomic E-state index is 13.5. The van der Waals surface area contributed by atoms with E-state index in [0.717, 1.165) is 41.0 Å². The average Bonchev–Trinajstić information content (AvgIpc) is 3.47. The van der Waals surface area contributed by atoms with Crippen molar-refractivity contribution in [1.82, 2.24) is 15.1 Å². The van der Waals surface area contributed by atoms with Gasteiger partial charge in [-0.15, -0.1) is 0 Å². The molecule has 1 aliphatic heterocycles. The second-order valence-electron chi connectivity index (χ2n) is 8.29. The first-order valence-corrected chi connectivity index (χ1v) is 10.9. The van der Waals surface area contributed by atoms with Crippen molar-refractivity contribution in [2.24, 2.45) is 0 Å². The van der Waals surface area contributed by atoms with Crippen LogP contribution in [0.3, 0.4) is 0 Å². The molecule has 0 radical (unpaired) electrons. The first-order chi connectivity index (χ1) is 14.7. The molecule has 2 aromatic carbocycles. The highest BCUT2D eigenvalue weighted by molar-refractivity contribution is 6.00. The molecule has 1 saturated carbocycles. The molecule has 2 aliphatic rings. The van der Waals surface area contributed by atoms with Crippen molar-refractivity contribution in [2.75, 3.05) is 6.61 Å². The standard InChI is InChI=1S/C25H27N3O2/c1-3-30-20-10-6-7-18(15-20)24-21-22(17-13-11-16(2)12-14-17)26-27-23(21)25(29)28(24)19-8-4-5-9-19/h6-7,10-15,19,24H,3-5,8-9H2,1-2H3,(H,26,27). The lowest BCUT2D eigenvalue weighted by atomic mass is 9.95. The van der Waals surface area contributed by atoms with E-state index >= 15 is 0 Å². The van der Waals surface area contributed by atoms with Crippen LogP contribution in [0.2, 0.25) is 0 Å². The Morgan fingerprint density at radius 3 is 2.63 bits per heavy atom. The van der Waals surface area contributed by atoms with Crippen molar-refractivity contribution in [3.05, 3.63) is 70.9 Å². The number of aromatic nitrogens is 2. The van der Waals surface area contributed by atoms with E-state index in [-0.39, 0.29) is 18.0 Å². The first-order valence-electron chi connectivity index (χ1n) is 10.9. The van der Waals surface area contributed by atoms with E-state index in [1.807, 2.05) is 19.1 Å². The number of aryl methyl sites for hydroxylation is 1. The van der Waals surface area contributed by atoms with Crippen LogP contribution in [0.25, 0.3) is 11.3 Å². The highest BCUT2D eigenvalue weighted by Gasteiger charge is 2.45. The minimum atomic E-state index is -0.147. The summed E-state index contributed by atoms with van der Waals surface area (Å²) in [6.07, 6.45) is 4.48. The molecule has 0 spiro atoms. The molecule has 0 saturated heterocycles. The van der Waals surface area contributed by atoms with Gasteiger partial charge in [-0.2, -0.15) is 5.10 Å². The fourth-order valence-corrected chi connectivity index (χ4v) is 4.92. The third-order valence-electron chi connectivity index (χ3n) is 6.33. The summed E-state index contributed by atoms with van der Waals surface area (Å²) in [7, 11) is 0. The number of amides is 1. The van der Waals surface area contributed by atoms with E-state index in [9.17, 15) is 4.79 Å². The lowest BCUT2D eigenvalue weighted by molar-refractivity contribution is 0.0660. The smallest absolute Gasteiger partial charge is 0.273 e. The van der Waals surface area contributed by atoms with Gasteiger partial charge in [0, 0.05) is 17.2 Å². The zero-order valence-electron chi connectivity index (χ0n) is 17.5. The van der Waals surface area contributed by atoms with Crippen molar-refractivity contribution in [3.8, 4) is 17.0 Å². The fraction of sp³-hybridized carbons (Fsp3) is 0.360. The number of nitrogens with zero attached hydrogens (tertiary/aromatic N) is 2. The second kappa shape index (κ2) is 7.63. The van der Waals surface area contributed by atoms with Crippen LogP contribution in [0.5, 0.6) is 5.75 Å². The van der Waals surface area contributed by atoms with Gasteiger partial charge in [-0.3, -0.25) is 9.89 Å². The number of nitrogens with one attached hydrogen (secondary N) is 1. The van der Waals surface area contributed by atoms with E-state index < -0.39 is 0 Å². The summed E-state index contributed by atoms with van der Waals surface area (Å²) < 4.78 is 5.76. The molecule has 1 aromatic heterocycles. The lowest BCUT2D eigenvalue weighted by Crippen LogP contribution is -2.37. The summed E-state index contributed by atoms with van der Waals surface area (Å²) in [4.78, 5) is 15.6. The average molecular weight is 402 g/mol. The molecular formula is C25H27N3O2. The second-order valence-corrected chi connectivity index (χ2v) is 8.29. The number of hydrogen-bond acceptors (Lipinski definition) is 3. The molecule has 3 aromatic rings. The van der Waals surface area contributed by atoms with Gasteiger partial charge in [-0.25, -0.2) is 0 Å². The predicted octanol–water partition coefficient (Wildman–Crippen LogP) is 5.27. The van der Waals surface area contributed by atoms with Crippen LogP contribution in [-0.2, 0) is 0 Å². The molecule has 0 bridgehead atoms. The van der Waals surface area contributed by atoms with E-state index in [0.29, 0.717) is 12.3 Å². The van der Waals surface area contributed by atoms with Gasteiger partial charge in [0.1, 0.15) is 11.4 Å². The number of ether oxygens (including phenoxy) is 1. The highest BCUT2D eigenvalue weighted by atomic mass is 16.5. The Hall–Kier alpha value is -3.08. The molecule has 154 valence electrons. The van der Waals surface area contributed by atoms with Crippen LogP contribution in [0.4, 0.5) is 0 Å². The van der Waals surface area contributed by atoms with Gasteiger partial charge in [0.05, 0.1) is 18.3 Å². The monoisotopic (exact) mass is 401 g/mol. The Labute approximate surface area is 177 Å². The topological polar surface area (TPSA) is 58.2 Å². The van der Waals surface area contributed by atoms with E-state index in [2.05, 4.69) is 58.4 Å². The summed E-state index contributed by atoms with van der Waals surface area (Å²) in [5, 5.41) is 7.65. The maximum atomic E-state index is 13.5. The summed E-state index contributed by atoms with van der Waals surface area (Å²) >= 11 is 0. The van der Waals surface area contributed by atoms with E-state index in [4.69, 9.17) is 4.74 Å². The van der Waals surface area contributed by atoms with E-state index in [1.54, 1.807) is 0 Å². The maximum Gasteiger partial charge on any atom is 0.273 e. The Morgan fingerprint density at radius 2 is 1.90 bits per heavy atom. The summed E-state index contributed by atoms with van der Waals surface area (Å²) in [5.41, 5.74) is 5.80. The molecule has 1 atom stereocenters. The molecule has 2 heterocycles. The van der Waals surface area contributed by atoms with Crippen molar-refractivity contribution >= 4 is 5.91 Å². The molecule has 1 fully saturated rings. The van der Waals surface area contributed by atoms with Crippen molar-refractivity contribution in [1.29, 1.82) is 0 Å². The molecular weight excluding hydrogens is 374 g/mol. The van der Waals surface area contributed by atoms with Gasteiger partial charge < -0.3 is 9.64 Å². The van der Waals surface area contributed by atoms with Gasteiger partial charge >= 0.3 is 0 Å². The Kier molecular flexibility index (Phi) is 4.81. The number of carbonyl (C=O) groups excluding carboxylic acids is 1. The largest absolute Gasteiger partial charge is 0.494 e. The molecule has 1 N–H and O–H groups in total. The fourth-order valence-electron chi connectivity index (χ4n) is 4.92. The number of rotatable bonds is 5. The zero-order valence-corrected chi connectivity index (χ0v) is 17.5. The quantitative estimate of drug-likeness (QED) is 0.633. The summed E-state index contributed by atoms with van der Waals surface area (Å²) in [5.74, 6) is 0.900. The number of hydrogen-bond donors (Lipinski definition) is 1. The minimum Gasteiger partial charge on any atom is -0.494 e. The molecule has 5 rings (SSSR count). The highest BCUT2D eigenvalue weighted by Crippen LogP contribution is 2.46. The van der Waals surface area contributed by atoms with Crippen LogP contribution >= 0.6 is 0 Å². The Bertz CT molecular complexity index is 1060.